The van der Waals surface area contributed by atoms with Gasteiger partial charge in [0.25, 0.3) is 17.4 Å². The predicted molar refractivity (Wildman–Crippen MR) is 156 cm³/mol. The normalized spacial score (nSPS) is 21.1. The Kier molecular flexibility index (Phi) is 8.61. The lowest BCUT2D eigenvalue weighted by Crippen LogP contribution is -2.55. The molecular weight excluding hydrogens is 585 g/mol. The monoisotopic (exact) mass is 622 g/mol. The number of aliphatic hydroxyl groups is 1. The average Bonchev–Trinajstić information content (AvgIpc) is 3.84. The van der Waals surface area contributed by atoms with Gasteiger partial charge in [-0.2, -0.15) is 13.2 Å². The number of aromatic nitrogens is 1. The Morgan fingerprint density at radius 1 is 1.12 bits per heavy atom. The minimum Gasteiger partial charge on any atom is -0.497 e. The summed E-state index contributed by atoms with van der Waals surface area (Å²) in [4.78, 5) is 35.3. The van der Waals surface area contributed by atoms with Crippen LogP contribution < -0.4 is 9.64 Å². The molecule has 3 fully saturated rings. The number of amides is 2. The molecule has 1 saturated heterocycles. The molecular formula is C31H38ClF3N4O4. The van der Waals surface area contributed by atoms with Crippen LogP contribution in [0.15, 0.2) is 36.4 Å². The van der Waals surface area contributed by atoms with Crippen molar-refractivity contribution in [1.29, 1.82) is 0 Å². The standard InChI is InChI=1S/C31H38ClF3N4O4/c1-37(28(41)30(42,31(33,34)35)21-5-4-6-23(19-21)43-3)16-12-20-11-13-29(20)14-17-39(18-15-29)25-10-9-24(26(32)36-25)27(40)38(2)22-7-8-22/h4-6,9-10,19-20,22,42H,7-8,11-18H2,1-3H3/t20?,30-/m1/s1. The van der Waals surface area contributed by atoms with Crippen LogP contribution in [0.2, 0.25) is 5.15 Å². The average molecular weight is 623 g/mol. The molecule has 3 aliphatic rings. The molecule has 43 heavy (non-hydrogen) atoms. The summed E-state index contributed by atoms with van der Waals surface area (Å²) in [6.07, 6.45) is 1.08. The van der Waals surface area contributed by atoms with E-state index in [9.17, 15) is 27.9 Å². The van der Waals surface area contributed by atoms with E-state index in [4.69, 9.17) is 16.3 Å². The number of anilines is 1. The zero-order valence-corrected chi connectivity index (χ0v) is 25.4. The maximum Gasteiger partial charge on any atom is 0.430 e. The van der Waals surface area contributed by atoms with Gasteiger partial charge in [-0.05, 0) is 80.5 Å². The number of alkyl halides is 3. The first kappa shape index (κ1) is 31.4. The summed E-state index contributed by atoms with van der Waals surface area (Å²) in [6.45, 7) is 1.58. The van der Waals surface area contributed by atoms with E-state index in [1.165, 1.54) is 26.3 Å². The van der Waals surface area contributed by atoms with Gasteiger partial charge >= 0.3 is 6.18 Å². The van der Waals surface area contributed by atoms with Crippen LogP contribution in [0, 0.1) is 11.3 Å². The second-order valence-electron chi connectivity index (χ2n) is 12.2. The lowest BCUT2D eigenvalue weighted by atomic mass is 9.54. The summed E-state index contributed by atoms with van der Waals surface area (Å²) in [5.41, 5.74) is -3.81. The number of rotatable bonds is 9. The van der Waals surface area contributed by atoms with E-state index in [0.29, 0.717) is 12.0 Å². The van der Waals surface area contributed by atoms with E-state index in [0.717, 1.165) is 74.5 Å². The number of benzene rings is 1. The number of hydrogen-bond donors (Lipinski definition) is 1. The van der Waals surface area contributed by atoms with Crippen molar-refractivity contribution in [3.8, 4) is 5.75 Å². The fourth-order valence-corrected chi connectivity index (χ4v) is 6.84. The van der Waals surface area contributed by atoms with E-state index in [-0.39, 0.29) is 40.7 Å². The number of pyridine rings is 1. The summed E-state index contributed by atoms with van der Waals surface area (Å²) in [7, 11) is 4.39. The molecule has 2 aliphatic carbocycles. The lowest BCUT2D eigenvalue weighted by molar-refractivity contribution is -0.261. The van der Waals surface area contributed by atoms with E-state index < -0.39 is 23.2 Å². The van der Waals surface area contributed by atoms with Crippen LogP contribution in [-0.2, 0) is 10.4 Å². The van der Waals surface area contributed by atoms with Crippen LogP contribution in [0.1, 0.15) is 60.9 Å². The fourth-order valence-electron chi connectivity index (χ4n) is 6.61. The van der Waals surface area contributed by atoms with Crippen molar-refractivity contribution in [2.45, 2.75) is 62.8 Å². The molecule has 234 valence electrons. The number of halogens is 4. The maximum absolute atomic E-state index is 14.2. The van der Waals surface area contributed by atoms with Gasteiger partial charge in [0.05, 0.1) is 12.7 Å². The molecule has 2 saturated carbocycles. The van der Waals surface area contributed by atoms with Gasteiger partial charge in [0.2, 0.25) is 0 Å². The molecule has 1 N–H and O–H groups in total. The van der Waals surface area contributed by atoms with Crippen molar-refractivity contribution in [3.05, 3.63) is 52.7 Å². The first-order chi connectivity index (χ1) is 20.3. The first-order valence-corrected chi connectivity index (χ1v) is 15.1. The van der Waals surface area contributed by atoms with Crippen LogP contribution in [0.3, 0.4) is 0 Å². The number of carbonyl (C=O) groups is 2. The van der Waals surface area contributed by atoms with Crippen LogP contribution in [0.25, 0.3) is 0 Å². The van der Waals surface area contributed by atoms with Gasteiger partial charge in [-0.3, -0.25) is 9.59 Å². The smallest absolute Gasteiger partial charge is 0.430 e. The van der Waals surface area contributed by atoms with Crippen molar-refractivity contribution in [1.82, 2.24) is 14.8 Å². The molecule has 0 radical (unpaired) electrons. The van der Waals surface area contributed by atoms with Crippen molar-refractivity contribution < 1.29 is 32.6 Å². The maximum atomic E-state index is 14.2. The van der Waals surface area contributed by atoms with Gasteiger partial charge in [-0.25, -0.2) is 4.98 Å². The van der Waals surface area contributed by atoms with Crippen molar-refractivity contribution in [2.75, 3.05) is 45.7 Å². The number of carbonyl (C=O) groups excluding carboxylic acids is 2. The van der Waals surface area contributed by atoms with Gasteiger partial charge in [0, 0.05) is 45.3 Å². The van der Waals surface area contributed by atoms with Gasteiger partial charge < -0.3 is 24.5 Å². The van der Waals surface area contributed by atoms with Crippen LogP contribution in [0.5, 0.6) is 5.75 Å². The molecule has 12 heteroatoms. The highest BCUT2D eigenvalue weighted by Gasteiger charge is 2.62. The van der Waals surface area contributed by atoms with Gasteiger partial charge in [0.15, 0.2) is 0 Å². The molecule has 2 amide bonds. The molecule has 1 aliphatic heterocycles. The lowest BCUT2D eigenvalue weighted by Gasteiger charge is -2.54. The van der Waals surface area contributed by atoms with E-state index in [1.807, 2.05) is 6.07 Å². The topological polar surface area (TPSA) is 86.2 Å². The number of hydrogen-bond acceptors (Lipinski definition) is 6. The van der Waals surface area contributed by atoms with Crippen molar-refractivity contribution in [3.63, 3.8) is 0 Å². The number of ether oxygens (including phenoxy) is 1. The third kappa shape index (κ3) is 5.90. The summed E-state index contributed by atoms with van der Waals surface area (Å²) in [5, 5.41) is 11.0. The summed E-state index contributed by atoms with van der Waals surface area (Å²) in [5.74, 6) is -0.445. The molecule has 2 heterocycles. The number of methoxy groups -OCH3 is 1. The Hall–Kier alpha value is -3.05. The molecule has 1 spiro atoms. The summed E-state index contributed by atoms with van der Waals surface area (Å²) >= 11 is 6.43. The molecule has 1 aromatic carbocycles. The third-order valence-electron chi connectivity index (χ3n) is 9.79. The predicted octanol–water partition coefficient (Wildman–Crippen LogP) is 5.27. The van der Waals surface area contributed by atoms with Crippen LogP contribution in [0.4, 0.5) is 19.0 Å². The highest BCUT2D eigenvalue weighted by Crippen LogP contribution is 2.55. The third-order valence-corrected chi connectivity index (χ3v) is 10.1. The molecule has 2 aromatic rings. The fraction of sp³-hybridized carbons (Fsp3) is 0.581. The quantitative estimate of drug-likeness (QED) is 0.384. The molecule has 1 unspecified atom stereocenters. The first-order valence-electron chi connectivity index (χ1n) is 14.7. The Morgan fingerprint density at radius 2 is 1.81 bits per heavy atom. The van der Waals surface area contributed by atoms with E-state index in [2.05, 4.69) is 9.88 Å². The zero-order chi connectivity index (χ0) is 31.2. The number of likely N-dealkylation sites (N-methyl/N-ethyl adjacent to an activating group) is 1. The Bertz CT molecular complexity index is 1360. The van der Waals surface area contributed by atoms with Gasteiger partial charge in [-0.1, -0.05) is 23.7 Å². The number of piperidine rings is 1. The second kappa shape index (κ2) is 11.8. The van der Waals surface area contributed by atoms with Crippen molar-refractivity contribution in [2.24, 2.45) is 11.3 Å². The minimum absolute atomic E-state index is 0.0557. The highest BCUT2D eigenvalue weighted by atomic mass is 35.5. The molecule has 1 aromatic heterocycles. The summed E-state index contributed by atoms with van der Waals surface area (Å²) < 4.78 is 47.5. The molecule has 0 bridgehead atoms. The van der Waals surface area contributed by atoms with Crippen molar-refractivity contribution >= 4 is 29.2 Å². The highest BCUT2D eigenvalue weighted by molar-refractivity contribution is 6.32. The molecule has 5 rings (SSSR count). The SMILES string of the molecule is COc1cccc([C@@](O)(C(=O)N(C)CCC2CCC23CCN(c2ccc(C(=O)N(C)C4CC4)c(Cl)n2)CC3)C(F)(F)F)c1. The van der Waals surface area contributed by atoms with Crippen LogP contribution in [-0.4, -0.2) is 84.8 Å². The van der Waals surface area contributed by atoms with Crippen LogP contribution >= 0.6 is 11.6 Å². The zero-order valence-electron chi connectivity index (χ0n) is 24.7. The largest absolute Gasteiger partial charge is 0.497 e. The summed E-state index contributed by atoms with van der Waals surface area (Å²) in [6, 6.07) is 8.73. The molecule has 8 nitrogen and oxygen atoms in total. The molecule has 2 atom stereocenters. The van der Waals surface area contributed by atoms with E-state index >= 15 is 0 Å². The Balaban J connectivity index is 1.19. The van der Waals surface area contributed by atoms with Gasteiger partial charge in [-0.15, -0.1) is 0 Å². The Labute approximate surface area is 254 Å². The van der Waals surface area contributed by atoms with Gasteiger partial charge in [0.1, 0.15) is 16.7 Å². The number of nitrogens with zero attached hydrogens (tertiary/aromatic N) is 4. The minimum atomic E-state index is -5.22. The van der Waals surface area contributed by atoms with E-state index in [1.54, 1.807) is 18.0 Å². The Morgan fingerprint density at radius 3 is 2.37 bits per heavy atom. The second-order valence-corrected chi connectivity index (χ2v) is 12.6.